The van der Waals surface area contributed by atoms with E-state index in [4.69, 9.17) is 4.74 Å². The second-order valence-corrected chi connectivity index (χ2v) is 6.48. The van der Waals surface area contributed by atoms with Crippen LogP contribution in [0.25, 0.3) is 0 Å². The monoisotopic (exact) mass is 378 g/mol. The topological polar surface area (TPSA) is 66.9 Å². The Hall–Kier alpha value is -3.41. The smallest absolute Gasteiger partial charge is 0.257 e. The normalized spacial score (nSPS) is 16.2. The minimum atomic E-state index is -0.830. The van der Waals surface area contributed by atoms with E-state index in [9.17, 15) is 14.4 Å². The molecule has 28 heavy (non-hydrogen) atoms. The first-order valence-electron chi connectivity index (χ1n) is 9.00. The molecule has 0 saturated carbocycles. The molecular weight excluding hydrogens is 356 g/mol. The number of carbonyl (C=O) groups excluding carboxylic acids is 3. The first-order chi connectivity index (χ1) is 13.5. The summed E-state index contributed by atoms with van der Waals surface area (Å²) < 4.78 is 5.11. The molecule has 3 amide bonds. The van der Waals surface area contributed by atoms with E-state index in [-0.39, 0.29) is 31.2 Å². The molecular formula is C22H22N2O4. The molecule has 0 aromatic heterocycles. The number of ether oxygens (including phenoxy) is 1. The fourth-order valence-electron chi connectivity index (χ4n) is 3.28. The maximum atomic E-state index is 13.0. The Morgan fingerprint density at radius 3 is 2.46 bits per heavy atom. The molecule has 0 N–H and O–H groups in total. The lowest BCUT2D eigenvalue weighted by Crippen LogP contribution is -2.46. The Balaban J connectivity index is 1.81. The number of rotatable bonds is 7. The molecule has 1 aliphatic rings. The van der Waals surface area contributed by atoms with E-state index in [1.54, 1.807) is 37.5 Å². The molecule has 0 radical (unpaired) electrons. The van der Waals surface area contributed by atoms with Crippen molar-refractivity contribution in [1.29, 1.82) is 0 Å². The number of hydrogen-bond acceptors (Lipinski definition) is 4. The number of methoxy groups -OCH3 is 1. The van der Waals surface area contributed by atoms with Crippen molar-refractivity contribution >= 4 is 23.4 Å². The van der Waals surface area contributed by atoms with E-state index in [1.807, 2.05) is 30.3 Å². The van der Waals surface area contributed by atoms with Gasteiger partial charge in [0, 0.05) is 6.54 Å². The minimum Gasteiger partial charge on any atom is -0.497 e. The van der Waals surface area contributed by atoms with Crippen molar-refractivity contribution in [1.82, 2.24) is 4.90 Å². The highest BCUT2D eigenvalue weighted by molar-refractivity contribution is 6.23. The van der Waals surface area contributed by atoms with Crippen molar-refractivity contribution in [2.75, 3.05) is 18.6 Å². The van der Waals surface area contributed by atoms with Gasteiger partial charge in [-0.05, 0) is 29.8 Å². The van der Waals surface area contributed by atoms with Gasteiger partial charge in [0.05, 0.1) is 25.6 Å². The van der Waals surface area contributed by atoms with Gasteiger partial charge in [-0.3, -0.25) is 14.4 Å². The number of benzene rings is 2. The number of imide groups is 1. The van der Waals surface area contributed by atoms with Gasteiger partial charge in [0.25, 0.3) is 5.91 Å². The van der Waals surface area contributed by atoms with Crippen LogP contribution in [0.4, 0.5) is 5.69 Å². The summed E-state index contributed by atoms with van der Waals surface area (Å²) >= 11 is 0. The van der Waals surface area contributed by atoms with Crippen LogP contribution in [0.1, 0.15) is 12.0 Å². The van der Waals surface area contributed by atoms with E-state index in [1.165, 1.54) is 4.90 Å². The van der Waals surface area contributed by atoms with Gasteiger partial charge in [-0.1, -0.05) is 36.4 Å². The van der Waals surface area contributed by atoms with Crippen LogP contribution in [0.15, 0.2) is 67.3 Å². The van der Waals surface area contributed by atoms with Gasteiger partial charge < -0.3 is 9.64 Å². The third kappa shape index (κ3) is 3.96. The number of hydrogen-bond donors (Lipinski definition) is 0. The maximum absolute atomic E-state index is 13.0. The average molecular weight is 378 g/mol. The molecule has 0 aliphatic carbocycles. The van der Waals surface area contributed by atoms with Gasteiger partial charge in [0.15, 0.2) is 0 Å². The number of amides is 3. The lowest BCUT2D eigenvalue weighted by atomic mass is 10.1. The van der Waals surface area contributed by atoms with E-state index in [0.29, 0.717) is 11.4 Å². The van der Waals surface area contributed by atoms with Crippen molar-refractivity contribution in [3.63, 3.8) is 0 Å². The molecule has 1 aliphatic heterocycles. The van der Waals surface area contributed by atoms with Gasteiger partial charge in [0.1, 0.15) is 11.8 Å². The number of anilines is 1. The lowest BCUT2D eigenvalue weighted by Gasteiger charge is -2.26. The first kappa shape index (κ1) is 19.4. The second kappa shape index (κ2) is 8.52. The molecule has 0 bridgehead atoms. The van der Waals surface area contributed by atoms with Gasteiger partial charge >= 0.3 is 0 Å². The van der Waals surface area contributed by atoms with Crippen LogP contribution in [-0.4, -0.2) is 42.3 Å². The summed E-state index contributed by atoms with van der Waals surface area (Å²) in [5, 5.41) is 0. The summed E-state index contributed by atoms with van der Waals surface area (Å²) in [4.78, 5) is 41.0. The van der Waals surface area contributed by atoms with Gasteiger partial charge in [-0.2, -0.15) is 0 Å². The summed E-state index contributed by atoms with van der Waals surface area (Å²) in [7, 11) is 1.54. The summed E-state index contributed by atoms with van der Waals surface area (Å²) in [5.74, 6) is -0.320. The van der Waals surface area contributed by atoms with Crippen LogP contribution in [0.2, 0.25) is 0 Å². The maximum Gasteiger partial charge on any atom is 0.257 e. The van der Waals surface area contributed by atoms with Crippen molar-refractivity contribution in [2.45, 2.75) is 18.9 Å². The third-order valence-corrected chi connectivity index (χ3v) is 4.67. The molecule has 1 saturated heterocycles. The van der Waals surface area contributed by atoms with E-state index >= 15 is 0 Å². The largest absolute Gasteiger partial charge is 0.497 e. The first-order valence-corrected chi connectivity index (χ1v) is 9.00. The molecule has 1 fully saturated rings. The van der Waals surface area contributed by atoms with Gasteiger partial charge in [-0.15, -0.1) is 6.58 Å². The molecule has 1 atom stereocenters. The number of nitrogens with zero attached hydrogens (tertiary/aromatic N) is 2. The van der Waals surface area contributed by atoms with E-state index in [2.05, 4.69) is 6.58 Å². The zero-order chi connectivity index (χ0) is 20.1. The fourth-order valence-corrected chi connectivity index (χ4v) is 3.28. The predicted octanol–water partition coefficient (Wildman–Crippen LogP) is 2.58. The van der Waals surface area contributed by atoms with Crippen LogP contribution in [0.3, 0.4) is 0 Å². The lowest BCUT2D eigenvalue weighted by molar-refractivity contribution is -0.137. The highest BCUT2D eigenvalue weighted by atomic mass is 16.5. The van der Waals surface area contributed by atoms with Crippen LogP contribution >= 0.6 is 0 Å². The molecule has 144 valence electrons. The Morgan fingerprint density at radius 2 is 1.86 bits per heavy atom. The third-order valence-electron chi connectivity index (χ3n) is 4.67. The molecule has 3 rings (SSSR count). The number of carbonyl (C=O) groups is 3. The Kier molecular flexibility index (Phi) is 5.89. The summed E-state index contributed by atoms with van der Waals surface area (Å²) in [5.41, 5.74) is 1.32. The summed E-state index contributed by atoms with van der Waals surface area (Å²) in [6.45, 7) is 3.88. The van der Waals surface area contributed by atoms with E-state index < -0.39 is 11.9 Å². The van der Waals surface area contributed by atoms with Crippen LogP contribution in [0, 0.1) is 0 Å². The molecule has 1 heterocycles. The molecule has 2 aromatic carbocycles. The summed E-state index contributed by atoms with van der Waals surface area (Å²) in [6.07, 6.45) is 1.69. The SMILES string of the molecule is C=CCN(C(=O)Cc1ccccc1)C1CC(=O)N(c2ccc(OC)cc2)C1=O. The van der Waals surface area contributed by atoms with Crippen molar-refractivity contribution in [2.24, 2.45) is 0 Å². The molecule has 1 unspecified atom stereocenters. The highest BCUT2D eigenvalue weighted by Gasteiger charge is 2.43. The summed E-state index contributed by atoms with van der Waals surface area (Å²) in [6, 6.07) is 15.2. The molecule has 6 heteroatoms. The second-order valence-electron chi connectivity index (χ2n) is 6.48. The fraction of sp³-hybridized carbons (Fsp3) is 0.227. The van der Waals surface area contributed by atoms with Crippen molar-refractivity contribution in [3.05, 3.63) is 72.8 Å². The Labute approximate surface area is 164 Å². The quantitative estimate of drug-likeness (QED) is 0.549. The zero-order valence-electron chi connectivity index (χ0n) is 15.7. The van der Waals surface area contributed by atoms with Crippen LogP contribution in [0.5, 0.6) is 5.75 Å². The molecule has 0 spiro atoms. The van der Waals surface area contributed by atoms with Crippen molar-refractivity contribution in [3.8, 4) is 5.75 Å². The Bertz CT molecular complexity index is 877. The standard InChI is InChI=1S/C22H22N2O4/c1-3-13-23(20(25)14-16-7-5-4-6-8-16)19-15-21(26)24(22(19)27)17-9-11-18(28-2)12-10-17/h3-12,19H,1,13-15H2,2H3. The predicted molar refractivity (Wildman–Crippen MR) is 106 cm³/mol. The van der Waals surface area contributed by atoms with Gasteiger partial charge in [0.2, 0.25) is 11.8 Å². The minimum absolute atomic E-state index is 0.0424. The van der Waals surface area contributed by atoms with Crippen LogP contribution in [-0.2, 0) is 20.8 Å². The highest BCUT2D eigenvalue weighted by Crippen LogP contribution is 2.27. The molecule has 6 nitrogen and oxygen atoms in total. The van der Waals surface area contributed by atoms with Crippen molar-refractivity contribution < 1.29 is 19.1 Å². The molecule has 2 aromatic rings. The van der Waals surface area contributed by atoms with Gasteiger partial charge in [-0.25, -0.2) is 4.90 Å². The average Bonchev–Trinajstić information content (AvgIpc) is 3.00. The van der Waals surface area contributed by atoms with Crippen LogP contribution < -0.4 is 9.64 Å². The Morgan fingerprint density at radius 1 is 1.18 bits per heavy atom. The zero-order valence-corrected chi connectivity index (χ0v) is 15.7. The van der Waals surface area contributed by atoms with E-state index in [0.717, 1.165) is 10.5 Å².